The molecular formula is C21H19Cl2FN2O3. The van der Waals surface area contributed by atoms with Gasteiger partial charge in [0.1, 0.15) is 5.82 Å². The Balaban J connectivity index is 1.99. The number of hydrogen-bond donors (Lipinski definition) is 0. The molecule has 0 bridgehead atoms. The molecule has 1 saturated heterocycles. The molecule has 5 nitrogen and oxygen atoms in total. The predicted molar refractivity (Wildman–Crippen MR) is 112 cm³/mol. The zero-order chi connectivity index (χ0) is 20.9. The second-order valence-electron chi connectivity index (χ2n) is 7.86. The molecule has 1 aliphatic heterocycles. The fraction of sp³-hybridized carbons (Fsp3) is 0.333. The van der Waals surface area contributed by atoms with E-state index in [1.54, 1.807) is 31.2 Å². The Morgan fingerprint density at radius 2 is 1.83 bits per heavy atom. The summed E-state index contributed by atoms with van der Waals surface area (Å²) in [6.45, 7) is 5.09. The van der Waals surface area contributed by atoms with Gasteiger partial charge in [-0.25, -0.2) is 9.18 Å². The van der Waals surface area contributed by atoms with Crippen LogP contribution < -0.4 is 11.2 Å². The highest BCUT2D eigenvalue weighted by Crippen LogP contribution is 2.30. The third kappa shape index (κ3) is 3.50. The number of rotatable bonds is 4. The average Bonchev–Trinajstić information content (AvgIpc) is 2.66. The molecule has 0 N–H and O–H groups in total. The Morgan fingerprint density at radius 3 is 2.41 bits per heavy atom. The summed E-state index contributed by atoms with van der Waals surface area (Å²) in [7, 11) is 0. The normalized spacial score (nSPS) is 16.6. The predicted octanol–water partition coefficient (Wildman–Crippen LogP) is 4.25. The number of fused-ring (bicyclic) bond motifs is 1. The van der Waals surface area contributed by atoms with Crippen molar-refractivity contribution >= 4 is 34.1 Å². The van der Waals surface area contributed by atoms with Crippen LogP contribution in [0.3, 0.4) is 0 Å². The van der Waals surface area contributed by atoms with Crippen LogP contribution in [0.5, 0.6) is 0 Å². The quantitative estimate of drug-likeness (QED) is 0.613. The van der Waals surface area contributed by atoms with Crippen LogP contribution in [0.2, 0.25) is 10.0 Å². The molecule has 8 heteroatoms. The van der Waals surface area contributed by atoms with Gasteiger partial charge in [0.2, 0.25) is 0 Å². The van der Waals surface area contributed by atoms with Crippen molar-refractivity contribution in [3.63, 3.8) is 0 Å². The zero-order valence-corrected chi connectivity index (χ0v) is 17.4. The summed E-state index contributed by atoms with van der Waals surface area (Å²) in [6.07, 6.45) is 0. The number of nitrogens with zero attached hydrogens (tertiary/aromatic N) is 2. The first-order chi connectivity index (χ1) is 13.7. The van der Waals surface area contributed by atoms with Gasteiger partial charge in [-0.2, -0.15) is 0 Å². The summed E-state index contributed by atoms with van der Waals surface area (Å²) in [5.74, 6) is -0.703. The van der Waals surface area contributed by atoms with Gasteiger partial charge >= 0.3 is 5.69 Å². The largest absolute Gasteiger partial charge is 0.380 e. The molecule has 0 spiro atoms. The van der Waals surface area contributed by atoms with E-state index in [1.165, 1.54) is 10.6 Å². The second kappa shape index (κ2) is 7.27. The minimum atomic E-state index is -0.703. The van der Waals surface area contributed by atoms with Crippen molar-refractivity contribution < 1.29 is 9.13 Å². The molecule has 2 heterocycles. The maximum Gasteiger partial charge on any atom is 0.332 e. The highest BCUT2D eigenvalue weighted by Gasteiger charge is 2.35. The summed E-state index contributed by atoms with van der Waals surface area (Å²) in [6, 6.07) is 8.80. The van der Waals surface area contributed by atoms with E-state index in [0.717, 1.165) is 16.2 Å². The lowest BCUT2D eigenvalue weighted by Crippen LogP contribution is -2.49. The van der Waals surface area contributed by atoms with Crippen molar-refractivity contribution in [3.05, 3.63) is 78.7 Å². The molecule has 0 aliphatic carbocycles. The van der Waals surface area contributed by atoms with E-state index in [2.05, 4.69) is 0 Å². The third-order valence-electron chi connectivity index (χ3n) is 5.40. The Kier molecular flexibility index (Phi) is 5.05. The Hall–Kier alpha value is -2.15. The second-order valence-corrected chi connectivity index (χ2v) is 8.70. The molecule has 152 valence electrons. The van der Waals surface area contributed by atoms with Gasteiger partial charge in [-0.1, -0.05) is 42.3 Å². The van der Waals surface area contributed by atoms with Gasteiger partial charge < -0.3 is 4.74 Å². The van der Waals surface area contributed by atoms with Gasteiger partial charge in [0.25, 0.3) is 5.56 Å². The van der Waals surface area contributed by atoms with E-state index in [0.29, 0.717) is 30.3 Å². The van der Waals surface area contributed by atoms with Crippen molar-refractivity contribution in [3.8, 4) is 0 Å². The number of halogens is 3. The molecule has 1 aromatic heterocycles. The summed E-state index contributed by atoms with van der Waals surface area (Å²) in [5.41, 5.74) is -0.218. The van der Waals surface area contributed by atoms with Gasteiger partial charge in [0.05, 0.1) is 35.2 Å². The SMILES string of the molecule is C[C@@H](c1ccc(Cl)cc1)n1c(=O)c2cc(F)c(Cl)cc2n(CC2(C)COC2)c1=O. The molecule has 0 radical (unpaired) electrons. The van der Waals surface area contributed by atoms with Crippen molar-refractivity contribution in [1.82, 2.24) is 9.13 Å². The van der Waals surface area contributed by atoms with Gasteiger partial charge in [-0.3, -0.25) is 13.9 Å². The third-order valence-corrected chi connectivity index (χ3v) is 5.94. The van der Waals surface area contributed by atoms with Crippen molar-refractivity contribution in [1.29, 1.82) is 0 Å². The van der Waals surface area contributed by atoms with Crippen LogP contribution in [0.15, 0.2) is 46.0 Å². The molecular weight excluding hydrogens is 418 g/mol. The van der Waals surface area contributed by atoms with E-state index < -0.39 is 23.1 Å². The first-order valence-corrected chi connectivity index (χ1v) is 9.93. The highest BCUT2D eigenvalue weighted by atomic mass is 35.5. The lowest BCUT2D eigenvalue weighted by atomic mass is 9.88. The van der Waals surface area contributed by atoms with Crippen LogP contribution in [0.25, 0.3) is 10.9 Å². The van der Waals surface area contributed by atoms with Crippen LogP contribution >= 0.6 is 23.2 Å². The zero-order valence-electron chi connectivity index (χ0n) is 15.9. The Bertz CT molecular complexity index is 1210. The monoisotopic (exact) mass is 436 g/mol. The molecule has 3 aromatic rings. The van der Waals surface area contributed by atoms with E-state index >= 15 is 0 Å². The first-order valence-electron chi connectivity index (χ1n) is 9.17. The molecule has 0 saturated carbocycles. The molecule has 1 atom stereocenters. The molecule has 1 fully saturated rings. The lowest BCUT2D eigenvalue weighted by Gasteiger charge is -2.38. The number of ether oxygens (including phenoxy) is 1. The Labute approximate surface area is 176 Å². The van der Waals surface area contributed by atoms with Crippen LogP contribution in [0.4, 0.5) is 4.39 Å². The number of benzene rings is 2. The maximum atomic E-state index is 14.2. The maximum absolute atomic E-state index is 14.2. The average molecular weight is 437 g/mol. The van der Waals surface area contributed by atoms with Gasteiger partial charge in [0, 0.05) is 17.0 Å². The molecule has 4 rings (SSSR count). The van der Waals surface area contributed by atoms with Crippen molar-refractivity contribution in [2.75, 3.05) is 13.2 Å². The van der Waals surface area contributed by atoms with Crippen molar-refractivity contribution in [2.45, 2.75) is 26.4 Å². The summed E-state index contributed by atoms with van der Waals surface area (Å²) >= 11 is 11.9. The smallest absolute Gasteiger partial charge is 0.332 e. The minimum absolute atomic E-state index is 0.108. The fourth-order valence-corrected chi connectivity index (χ4v) is 3.97. The van der Waals surface area contributed by atoms with E-state index in [1.807, 2.05) is 6.92 Å². The van der Waals surface area contributed by atoms with Crippen LogP contribution in [-0.2, 0) is 11.3 Å². The minimum Gasteiger partial charge on any atom is -0.380 e. The van der Waals surface area contributed by atoms with E-state index in [-0.39, 0.29) is 15.8 Å². The number of hydrogen-bond acceptors (Lipinski definition) is 3. The molecule has 1 aliphatic rings. The van der Waals surface area contributed by atoms with Crippen molar-refractivity contribution in [2.24, 2.45) is 5.41 Å². The Morgan fingerprint density at radius 1 is 1.17 bits per heavy atom. The molecule has 29 heavy (non-hydrogen) atoms. The van der Waals surface area contributed by atoms with Crippen LogP contribution in [-0.4, -0.2) is 22.3 Å². The standard InChI is InChI=1S/C21H19Cl2FN2O3/c1-12(13-3-5-14(22)6-4-13)26-19(27)15-7-17(24)16(23)8-18(15)25(20(26)28)9-21(2)10-29-11-21/h3-8,12H,9-11H2,1-2H3/t12-/m0/s1. The highest BCUT2D eigenvalue weighted by molar-refractivity contribution is 6.31. The topological polar surface area (TPSA) is 53.2 Å². The van der Waals surface area contributed by atoms with Crippen LogP contribution in [0, 0.1) is 11.2 Å². The van der Waals surface area contributed by atoms with E-state index in [9.17, 15) is 14.0 Å². The first kappa shape index (κ1) is 20.1. The van der Waals surface area contributed by atoms with E-state index in [4.69, 9.17) is 27.9 Å². The van der Waals surface area contributed by atoms with Gasteiger partial charge in [-0.05, 0) is 36.8 Å². The molecule has 0 unspecified atom stereocenters. The van der Waals surface area contributed by atoms with Gasteiger partial charge in [0.15, 0.2) is 0 Å². The summed E-state index contributed by atoms with van der Waals surface area (Å²) < 4.78 is 22.1. The van der Waals surface area contributed by atoms with Crippen LogP contribution in [0.1, 0.15) is 25.5 Å². The van der Waals surface area contributed by atoms with Gasteiger partial charge in [-0.15, -0.1) is 0 Å². The summed E-state index contributed by atoms with van der Waals surface area (Å²) in [4.78, 5) is 26.6. The number of aromatic nitrogens is 2. The fourth-order valence-electron chi connectivity index (χ4n) is 3.69. The lowest BCUT2D eigenvalue weighted by molar-refractivity contribution is -0.110. The summed E-state index contributed by atoms with van der Waals surface area (Å²) in [5, 5.41) is 0.526. The molecule has 2 aromatic carbocycles. The molecule has 0 amide bonds.